The fourth-order valence-electron chi connectivity index (χ4n) is 2.72. The molecule has 0 radical (unpaired) electrons. The van der Waals surface area contributed by atoms with E-state index in [9.17, 15) is 4.79 Å². The topological polar surface area (TPSA) is 41.6 Å². The minimum absolute atomic E-state index is 0.122. The number of ether oxygens (including phenoxy) is 1. The van der Waals surface area contributed by atoms with Crippen LogP contribution in [0.4, 0.5) is 0 Å². The van der Waals surface area contributed by atoms with Gasteiger partial charge >= 0.3 is 5.97 Å². The van der Waals surface area contributed by atoms with E-state index in [0.717, 1.165) is 19.6 Å². The van der Waals surface area contributed by atoms with Crippen molar-refractivity contribution in [3.8, 4) is 0 Å². The summed E-state index contributed by atoms with van der Waals surface area (Å²) in [5, 5.41) is 3.62. The molecule has 86 valence electrons. The molecule has 0 saturated carbocycles. The molecule has 2 aliphatic rings. The molecule has 1 atom stereocenters. The number of rotatable bonds is 2. The number of likely N-dealkylation sites (tertiary alicyclic amines) is 1. The third kappa shape index (κ3) is 2.49. The smallest absolute Gasteiger partial charge is 0.319 e. The van der Waals surface area contributed by atoms with E-state index in [1.165, 1.54) is 32.8 Å². The van der Waals surface area contributed by atoms with Gasteiger partial charge in [-0.25, -0.2) is 0 Å². The largest absolute Gasteiger partial charge is 0.468 e. The van der Waals surface area contributed by atoms with E-state index in [1.807, 2.05) is 0 Å². The highest BCUT2D eigenvalue weighted by atomic mass is 16.5. The number of carbonyl (C=O) groups excluding carboxylic acids is 1. The lowest BCUT2D eigenvalue weighted by Gasteiger charge is -2.34. The maximum atomic E-state index is 11.2. The zero-order chi connectivity index (χ0) is 10.7. The Morgan fingerprint density at radius 1 is 1.47 bits per heavy atom. The Labute approximate surface area is 91.0 Å². The molecule has 1 spiro atoms. The van der Waals surface area contributed by atoms with Gasteiger partial charge in [0.25, 0.3) is 0 Å². The molecule has 0 aromatic heterocycles. The van der Waals surface area contributed by atoms with Gasteiger partial charge in [-0.1, -0.05) is 6.42 Å². The highest BCUT2D eigenvalue weighted by Crippen LogP contribution is 2.29. The summed E-state index contributed by atoms with van der Waals surface area (Å²) in [4.78, 5) is 13.4. The molecule has 2 fully saturated rings. The molecule has 0 aromatic carbocycles. The molecule has 2 saturated heterocycles. The van der Waals surface area contributed by atoms with E-state index in [2.05, 4.69) is 15.0 Å². The Morgan fingerprint density at radius 3 is 3.00 bits per heavy atom. The van der Waals surface area contributed by atoms with Gasteiger partial charge in [0.1, 0.15) is 0 Å². The zero-order valence-electron chi connectivity index (χ0n) is 9.42. The average Bonchev–Trinajstić information content (AvgIpc) is 2.62. The third-order valence-electron chi connectivity index (χ3n) is 3.60. The van der Waals surface area contributed by atoms with E-state index in [-0.39, 0.29) is 5.97 Å². The van der Waals surface area contributed by atoms with E-state index in [0.29, 0.717) is 12.1 Å². The number of hydrogen-bond donors (Lipinski definition) is 1. The standard InChI is InChI=1S/C11H20N2O2/c1-15-10(14)8-13-7-5-11(9-13)4-2-3-6-12-11/h12H,2-9H2,1H3. The van der Waals surface area contributed by atoms with Gasteiger partial charge in [-0.05, 0) is 25.8 Å². The first-order valence-corrected chi connectivity index (χ1v) is 5.78. The number of carbonyl (C=O) groups is 1. The van der Waals surface area contributed by atoms with Crippen molar-refractivity contribution in [1.82, 2.24) is 10.2 Å². The number of esters is 1. The van der Waals surface area contributed by atoms with Crippen LogP contribution in [0, 0.1) is 0 Å². The van der Waals surface area contributed by atoms with Crippen molar-refractivity contribution in [2.45, 2.75) is 31.2 Å². The van der Waals surface area contributed by atoms with Crippen molar-refractivity contribution in [3.63, 3.8) is 0 Å². The number of piperidine rings is 1. The number of nitrogens with one attached hydrogen (secondary N) is 1. The minimum atomic E-state index is -0.122. The van der Waals surface area contributed by atoms with Crippen molar-refractivity contribution in [1.29, 1.82) is 0 Å². The van der Waals surface area contributed by atoms with Crippen LogP contribution in [0.1, 0.15) is 25.7 Å². The Hall–Kier alpha value is -0.610. The predicted molar refractivity (Wildman–Crippen MR) is 57.7 cm³/mol. The van der Waals surface area contributed by atoms with E-state index >= 15 is 0 Å². The van der Waals surface area contributed by atoms with Crippen LogP contribution in [-0.4, -0.2) is 49.7 Å². The van der Waals surface area contributed by atoms with Crippen LogP contribution in [0.2, 0.25) is 0 Å². The quantitative estimate of drug-likeness (QED) is 0.672. The Kier molecular flexibility index (Phi) is 3.26. The number of nitrogens with zero attached hydrogens (tertiary/aromatic N) is 1. The average molecular weight is 212 g/mol. The molecule has 0 aliphatic carbocycles. The number of hydrogen-bond acceptors (Lipinski definition) is 4. The van der Waals surface area contributed by atoms with E-state index < -0.39 is 0 Å². The summed E-state index contributed by atoms with van der Waals surface area (Å²) in [5.74, 6) is -0.122. The molecule has 2 heterocycles. The van der Waals surface area contributed by atoms with Gasteiger partial charge < -0.3 is 10.1 Å². The summed E-state index contributed by atoms with van der Waals surface area (Å²) >= 11 is 0. The molecule has 0 amide bonds. The first kappa shape index (κ1) is 10.9. The molecule has 2 aliphatic heterocycles. The van der Waals surface area contributed by atoms with Gasteiger partial charge in [-0.15, -0.1) is 0 Å². The van der Waals surface area contributed by atoms with E-state index in [1.54, 1.807) is 0 Å². The lowest BCUT2D eigenvalue weighted by molar-refractivity contribution is -0.141. The first-order valence-electron chi connectivity index (χ1n) is 5.78. The molecular weight excluding hydrogens is 192 g/mol. The molecular formula is C11H20N2O2. The van der Waals surface area contributed by atoms with Gasteiger partial charge in [0.2, 0.25) is 0 Å². The van der Waals surface area contributed by atoms with Gasteiger partial charge in [-0.3, -0.25) is 9.69 Å². The summed E-state index contributed by atoms with van der Waals surface area (Å²) < 4.78 is 4.69. The van der Waals surface area contributed by atoms with Crippen LogP contribution in [-0.2, 0) is 9.53 Å². The second-order valence-corrected chi connectivity index (χ2v) is 4.70. The SMILES string of the molecule is COC(=O)CN1CCC2(CCCCN2)C1. The van der Waals surface area contributed by atoms with Gasteiger partial charge in [0.05, 0.1) is 13.7 Å². The van der Waals surface area contributed by atoms with Crippen molar-refractivity contribution >= 4 is 5.97 Å². The third-order valence-corrected chi connectivity index (χ3v) is 3.60. The maximum absolute atomic E-state index is 11.2. The molecule has 0 bridgehead atoms. The molecule has 1 unspecified atom stereocenters. The summed E-state index contributed by atoms with van der Waals surface area (Å²) in [5.41, 5.74) is 0.298. The Balaban J connectivity index is 1.85. The normalized spacial score (nSPS) is 32.1. The summed E-state index contributed by atoms with van der Waals surface area (Å²) in [7, 11) is 1.45. The lowest BCUT2D eigenvalue weighted by atomic mass is 9.88. The predicted octanol–water partition coefficient (Wildman–Crippen LogP) is 0.377. The second-order valence-electron chi connectivity index (χ2n) is 4.70. The second kappa shape index (κ2) is 4.49. The fourth-order valence-corrected chi connectivity index (χ4v) is 2.72. The summed E-state index contributed by atoms with van der Waals surface area (Å²) in [6.07, 6.45) is 5.03. The highest BCUT2D eigenvalue weighted by Gasteiger charge is 2.38. The lowest BCUT2D eigenvalue weighted by Crippen LogP contribution is -2.50. The van der Waals surface area contributed by atoms with Crippen molar-refractivity contribution < 1.29 is 9.53 Å². The molecule has 15 heavy (non-hydrogen) atoms. The molecule has 4 heteroatoms. The molecule has 4 nitrogen and oxygen atoms in total. The van der Waals surface area contributed by atoms with Crippen LogP contribution in [0.3, 0.4) is 0 Å². The molecule has 1 N–H and O–H groups in total. The van der Waals surface area contributed by atoms with Gasteiger partial charge in [-0.2, -0.15) is 0 Å². The molecule has 2 rings (SSSR count). The summed E-state index contributed by atoms with van der Waals surface area (Å²) in [6, 6.07) is 0. The number of methoxy groups -OCH3 is 1. The monoisotopic (exact) mass is 212 g/mol. The maximum Gasteiger partial charge on any atom is 0.319 e. The van der Waals surface area contributed by atoms with Crippen LogP contribution >= 0.6 is 0 Å². The Morgan fingerprint density at radius 2 is 2.33 bits per heavy atom. The van der Waals surface area contributed by atoms with Crippen LogP contribution in [0.5, 0.6) is 0 Å². The van der Waals surface area contributed by atoms with Crippen molar-refractivity contribution in [2.75, 3.05) is 33.3 Å². The molecule has 0 aromatic rings. The van der Waals surface area contributed by atoms with Crippen molar-refractivity contribution in [3.05, 3.63) is 0 Å². The first-order chi connectivity index (χ1) is 7.24. The van der Waals surface area contributed by atoms with Crippen LogP contribution < -0.4 is 5.32 Å². The van der Waals surface area contributed by atoms with Crippen molar-refractivity contribution in [2.24, 2.45) is 0 Å². The van der Waals surface area contributed by atoms with Crippen LogP contribution in [0.25, 0.3) is 0 Å². The minimum Gasteiger partial charge on any atom is -0.468 e. The van der Waals surface area contributed by atoms with Gasteiger partial charge in [0, 0.05) is 18.6 Å². The summed E-state index contributed by atoms with van der Waals surface area (Å²) in [6.45, 7) is 3.59. The zero-order valence-corrected chi connectivity index (χ0v) is 9.42. The highest BCUT2D eigenvalue weighted by molar-refractivity contribution is 5.71. The fraction of sp³-hybridized carbons (Fsp3) is 0.909. The Bertz CT molecular complexity index is 237. The van der Waals surface area contributed by atoms with E-state index in [4.69, 9.17) is 0 Å². The van der Waals surface area contributed by atoms with Gasteiger partial charge in [0.15, 0.2) is 0 Å². The van der Waals surface area contributed by atoms with Crippen LogP contribution in [0.15, 0.2) is 0 Å².